The minimum absolute atomic E-state index is 0.0129. The predicted molar refractivity (Wildman–Crippen MR) is 72.1 cm³/mol. The highest BCUT2D eigenvalue weighted by molar-refractivity contribution is 7.90. The molecule has 1 aromatic carbocycles. The van der Waals surface area contributed by atoms with Gasteiger partial charge >= 0.3 is 6.03 Å². The van der Waals surface area contributed by atoms with Crippen molar-refractivity contribution in [3.8, 4) is 0 Å². The zero-order chi connectivity index (χ0) is 14.0. The molecule has 0 bridgehead atoms. The molecule has 0 saturated heterocycles. The van der Waals surface area contributed by atoms with Crippen molar-refractivity contribution in [1.29, 1.82) is 0 Å². The van der Waals surface area contributed by atoms with Gasteiger partial charge in [0.15, 0.2) is 0 Å². The number of hydrogen-bond acceptors (Lipinski definition) is 4. The zero-order valence-electron chi connectivity index (χ0n) is 10.2. The molecule has 19 heavy (non-hydrogen) atoms. The van der Waals surface area contributed by atoms with E-state index in [4.69, 9.17) is 5.73 Å². The molecule has 7 nitrogen and oxygen atoms in total. The molecule has 0 spiro atoms. The van der Waals surface area contributed by atoms with Crippen molar-refractivity contribution in [1.82, 2.24) is 15.0 Å². The number of hydrogen-bond donors (Lipinski definition) is 4. The van der Waals surface area contributed by atoms with E-state index in [9.17, 15) is 13.2 Å². The van der Waals surface area contributed by atoms with Crippen molar-refractivity contribution < 1.29 is 13.2 Å². The van der Waals surface area contributed by atoms with Gasteiger partial charge in [-0.3, -0.25) is 0 Å². The summed E-state index contributed by atoms with van der Waals surface area (Å²) in [7, 11) is -3.93. The normalized spacial score (nSPS) is 11.4. The minimum Gasteiger partial charge on any atom is -0.399 e. The van der Waals surface area contributed by atoms with Crippen LogP contribution in [0.2, 0.25) is 0 Å². The van der Waals surface area contributed by atoms with E-state index in [0.29, 0.717) is 23.1 Å². The molecule has 1 aromatic heterocycles. The van der Waals surface area contributed by atoms with E-state index in [2.05, 4.69) is 10.3 Å². The zero-order valence-corrected chi connectivity index (χ0v) is 11.0. The summed E-state index contributed by atoms with van der Waals surface area (Å²) in [6.45, 7) is 2.03. The van der Waals surface area contributed by atoms with Gasteiger partial charge in [-0.2, -0.15) is 0 Å². The van der Waals surface area contributed by atoms with Gasteiger partial charge in [-0.25, -0.2) is 17.9 Å². The number of fused-ring (bicyclic) bond motifs is 1. The molecule has 0 aliphatic heterocycles. The second kappa shape index (κ2) is 4.81. The molecule has 1 heterocycles. The largest absolute Gasteiger partial charge is 0.399 e. The summed E-state index contributed by atoms with van der Waals surface area (Å²) in [5, 5.41) is 2.80. The first-order chi connectivity index (χ1) is 8.94. The van der Waals surface area contributed by atoms with Crippen LogP contribution in [0.4, 0.5) is 10.5 Å². The van der Waals surface area contributed by atoms with Gasteiger partial charge in [-0.1, -0.05) is 0 Å². The van der Waals surface area contributed by atoms with E-state index < -0.39 is 16.1 Å². The van der Waals surface area contributed by atoms with Crippen molar-refractivity contribution in [2.24, 2.45) is 0 Å². The third-order valence-electron chi connectivity index (χ3n) is 2.52. The Hall–Kier alpha value is -2.22. The average molecular weight is 282 g/mol. The van der Waals surface area contributed by atoms with E-state index in [1.165, 1.54) is 12.3 Å². The Kier molecular flexibility index (Phi) is 3.34. The molecular weight excluding hydrogens is 268 g/mol. The first kappa shape index (κ1) is 13.2. The van der Waals surface area contributed by atoms with Crippen molar-refractivity contribution >= 4 is 32.6 Å². The van der Waals surface area contributed by atoms with Crippen LogP contribution in [-0.4, -0.2) is 26.0 Å². The van der Waals surface area contributed by atoms with Crippen LogP contribution in [0, 0.1) is 0 Å². The fraction of sp³-hybridized carbons (Fsp3) is 0.182. The van der Waals surface area contributed by atoms with Crippen LogP contribution in [0.15, 0.2) is 29.3 Å². The summed E-state index contributed by atoms with van der Waals surface area (Å²) in [6.07, 6.45) is 1.33. The monoisotopic (exact) mass is 282 g/mol. The maximum atomic E-state index is 12.1. The highest BCUT2D eigenvalue weighted by Crippen LogP contribution is 2.24. The SMILES string of the molecule is CCNC(=O)NS(=O)(=O)c1c[nH]c2ccc(N)cc12. The molecule has 0 fully saturated rings. The minimum atomic E-state index is -3.93. The summed E-state index contributed by atoms with van der Waals surface area (Å²) in [6, 6.07) is 4.11. The standard InChI is InChI=1S/C11H14N4O3S/c1-2-13-11(16)15-19(17,18)10-6-14-9-4-3-7(12)5-8(9)10/h3-6,14H,2,12H2,1H3,(H2,13,15,16). The molecule has 5 N–H and O–H groups in total. The van der Waals surface area contributed by atoms with Crippen LogP contribution in [0.3, 0.4) is 0 Å². The summed E-state index contributed by atoms with van der Waals surface area (Å²) in [5.41, 5.74) is 6.71. The van der Waals surface area contributed by atoms with Crippen molar-refractivity contribution in [3.63, 3.8) is 0 Å². The molecule has 0 unspecified atom stereocenters. The second-order valence-electron chi connectivity index (χ2n) is 3.92. The lowest BCUT2D eigenvalue weighted by atomic mass is 10.2. The highest BCUT2D eigenvalue weighted by Gasteiger charge is 2.21. The highest BCUT2D eigenvalue weighted by atomic mass is 32.2. The Balaban J connectivity index is 2.43. The van der Waals surface area contributed by atoms with Gasteiger partial charge in [0.25, 0.3) is 10.0 Å². The number of urea groups is 1. The Morgan fingerprint density at radius 2 is 2.16 bits per heavy atom. The number of benzene rings is 1. The number of amides is 2. The van der Waals surface area contributed by atoms with Crippen LogP contribution < -0.4 is 15.8 Å². The number of nitrogen functional groups attached to an aromatic ring is 1. The molecule has 2 amide bonds. The summed E-state index contributed by atoms with van der Waals surface area (Å²) in [5.74, 6) is 0. The van der Waals surface area contributed by atoms with Gasteiger partial charge in [0, 0.05) is 29.3 Å². The maximum Gasteiger partial charge on any atom is 0.328 e. The number of aromatic nitrogens is 1. The predicted octanol–water partition coefficient (Wildman–Crippen LogP) is 0.758. The topological polar surface area (TPSA) is 117 Å². The third kappa shape index (κ3) is 2.63. The quantitative estimate of drug-likeness (QED) is 0.621. The van der Waals surface area contributed by atoms with E-state index in [-0.39, 0.29) is 4.90 Å². The van der Waals surface area contributed by atoms with Crippen molar-refractivity contribution in [2.75, 3.05) is 12.3 Å². The Morgan fingerprint density at radius 1 is 1.42 bits per heavy atom. The molecule has 102 valence electrons. The molecule has 0 radical (unpaired) electrons. The number of H-pyrrole nitrogens is 1. The van der Waals surface area contributed by atoms with Crippen LogP contribution >= 0.6 is 0 Å². The molecule has 0 aliphatic carbocycles. The second-order valence-corrected chi connectivity index (χ2v) is 5.57. The number of carbonyl (C=O) groups excluding carboxylic acids is 1. The van der Waals surface area contributed by atoms with Gasteiger partial charge in [0.2, 0.25) is 0 Å². The fourth-order valence-corrected chi connectivity index (χ4v) is 2.81. The number of nitrogens with one attached hydrogen (secondary N) is 3. The number of aromatic amines is 1. The molecular formula is C11H14N4O3S. The summed E-state index contributed by atoms with van der Waals surface area (Å²) >= 11 is 0. The van der Waals surface area contributed by atoms with Gasteiger partial charge < -0.3 is 16.0 Å². The molecule has 8 heteroatoms. The molecule has 0 saturated carbocycles. The van der Waals surface area contributed by atoms with Gasteiger partial charge in [-0.15, -0.1) is 0 Å². The van der Waals surface area contributed by atoms with E-state index in [0.717, 1.165) is 0 Å². The lowest BCUT2D eigenvalue weighted by molar-refractivity contribution is 0.246. The molecule has 0 atom stereocenters. The van der Waals surface area contributed by atoms with E-state index >= 15 is 0 Å². The van der Waals surface area contributed by atoms with Gasteiger partial charge in [0.1, 0.15) is 4.90 Å². The number of anilines is 1. The Morgan fingerprint density at radius 3 is 2.84 bits per heavy atom. The number of rotatable bonds is 3. The Labute approximate surface area is 110 Å². The van der Waals surface area contributed by atoms with E-state index in [1.807, 2.05) is 4.72 Å². The summed E-state index contributed by atoms with van der Waals surface area (Å²) < 4.78 is 26.1. The lowest BCUT2D eigenvalue weighted by Gasteiger charge is -2.06. The fourth-order valence-electron chi connectivity index (χ4n) is 1.71. The third-order valence-corrected chi connectivity index (χ3v) is 3.89. The van der Waals surface area contributed by atoms with Crippen molar-refractivity contribution in [3.05, 3.63) is 24.4 Å². The first-order valence-corrected chi connectivity index (χ1v) is 7.09. The molecule has 2 aromatic rings. The van der Waals surface area contributed by atoms with Crippen LogP contribution in [-0.2, 0) is 10.0 Å². The van der Waals surface area contributed by atoms with Gasteiger partial charge in [0.05, 0.1) is 0 Å². The maximum absolute atomic E-state index is 12.1. The lowest BCUT2D eigenvalue weighted by Crippen LogP contribution is -2.39. The van der Waals surface area contributed by atoms with Gasteiger partial charge in [-0.05, 0) is 25.1 Å². The number of nitrogens with two attached hydrogens (primary N) is 1. The molecule has 0 aliphatic rings. The molecule has 2 rings (SSSR count). The van der Waals surface area contributed by atoms with Crippen LogP contribution in [0.25, 0.3) is 10.9 Å². The number of carbonyl (C=O) groups is 1. The van der Waals surface area contributed by atoms with Crippen LogP contribution in [0.1, 0.15) is 6.92 Å². The average Bonchev–Trinajstić information content (AvgIpc) is 2.71. The van der Waals surface area contributed by atoms with Crippen LogP contribution in [0.5, 0.6) is 0 Å². The first-order valence-electron chi connectivity index (χ1n) is 5.61. The Bertz CT molecular complexity index is 721. The van der Waals surface area contributed by atoms with E-state index in [1.54, 1.807) is 19.1 Å². The number of sulfonamides is 1. The summed E-state index contributed by atoms with van der Waals surface area (Å²) in [4.78, 5) is 14.1. The van der Waals surface area contributed by atoms with Crippen molar-refractivity contribution in [2.45, 2.75) is 11.8 Å². The smallest absolute Gasteiger partial charge is 0.328 e.